The monoisotopic (exact) mass is 292 g/mol. The first kappa shape index (κ1) is 12.6. The maximum absolute atomic E-state index is 12.4. The number of H-pyrrole nitrogens is 1. The smallest absolute Gasteiger partial charge is 0.356 e. The molecule has 0 aliphatic carbocycles. The molecule has 3 rings (SSSR count). The van der Waals surface area contributed by atoms with Gasteiger partial charge in [0.1, 0.15) is 0 Å². The minimum Gasteiger partial charge on any atom is -0.476 e. The number of anilines is 1. The number of carbonyl (C=O) groups excluding carboxylic acids is 1. The summed E-state index contributed by atoms with van der Waals surface area (Å²) in [5, 5.41) is 18.7. The number of aromatic carboxylic acids is 1. The second kappa shape index (κ2) is 4.61. The average Bonchev–Trinajstić information content (AvgIpc) is 3.03. The summed E-state index contributed by atoms with van der Waals surface area (Å²) in [5.41, 5.74) is 1.17. The van der Waals surface area contributed by atoms with Gasteiger partial charge in [-0.25, -0.2) is 4.79 Å². The summed E-state index contributed by atoms with van der Waals surface area (Å²) in [6.45, 7) is 0.459. The summed E-state index contributed by atoms with van der Waals surface area (Å²) >= 11 is 5.91. The van der Waals surface area contributed by atoms with E-state index in [1.54, 1.807) is 18.2 Å². The molecule has 102 valence electrons. The number of halogens is 1. The van der Waals surface area contributed by atoms with E-state index in [4.69, 9.17) is 16.7 Å². The molecule has 1 aromatic heterocycles. The third-order valence-electron chi connectivity index (χ3n) is 3.15. The fraction of sp³-hybridized carbons (Fsp3) is 0.167. The topological polar surface area (TPSA) is 99.2 Å². The van der Waals surface area contributed by atoms with Gasteiger partial charge >= 0.3 is 5.97 Å². The summed E-state index contributed by atoms with van der Waals surface area (Å²) in [6, 6.07) is 5.22. The standard InChI is InChI=1S/C12H9ClN4O3/c13-7-1-2-8-6(5-7)3-4-17(8)11(18)9-10(12(19)20)15-16-14-9/h1-2,5H,3-4H2,(H,19,20)(H,14,15,16). The Balaban J connectivity index is 1.98. The molecule has 0 saturated heterocycles. The third-order valence-corrected chi connectivity index (χ3v) is 3.38. The molecule has 1 amide bonds. The molecule has 1 aliphatic rings. The zero-order valence-corrected chi connectivity index (χ0v) is 10.9. The average molecular weight is 293 g/mol. The van der Waals surface area contributed by atoms with Crippen LogP contribution in [0.4, 0.5) is 5.69 Å². The van der Waals surface area contributed by atoms with Crippen LogP contribution < -0.4 is 4.90 Å². The van der Waals surface area contributed by atoms with Gasteiger partial charge < -0.3 is 10.0 Å². The van der Waals surface area contributed by atoms with Crippen LogP contribution in [0.1, 0.15) is 26.5 Å². The predicted octanol–water partition coefficient (Wildman–Crippen LogP) is 1.36. The molecule has 2 heterocycles. The number of nitrogens with one attached hydrogen (secondary N) is 1. The predicted molar refractivity (Wildman–Crippen MR) is 70.2 cm³/mol. The number of carbonyl (C=O) groups is 2. The van der Waals surface area contributed by atoms with Crippen molar-refractivity contribution < 1.29 is 14.7 Å². The van der Waals surface area contributed by atoms with E-state index in [1.165, 1.54) is 4.90 Å². The molecule has 0 saturated carbocycles. The maximum atomic E-state index is 12.4. The van der Waals surface area contributed by atoms with Crippen LogP contribution in [-0.2, 0) is 6.42 Å². The van der Waals surface area contributed by atoms with Gasteiger partial charge in [-0.15, -0.1) is 5.10 Å². The Labute approximate surface area is 118 Å². The van der Waals surface area contributed by atoms with Crippen molar-refractivity contribution in [2.24, 2.45) is 0 Å². The number of aromatic nitrogens is 3. The summed E-state index contributed by atoms with van der Waals surface area (Å²) in [5.74, 6) is -1.76. The fourth-order valence-corrected chi connectivity index (χ4v) is 2.43. The second-order valence-electron chi connectivity index (χ2n) is 4.32. The zero-order chi connectivity index (χ0) is 14.3. The number of aromatic amines is 1. The molecule has 0 bridgehead atoms. The quantitative estimate of drug-likeness (QED) is 0.870. The van der Waals surface area contributed by atoms with Gasteiger partial charge in [0.15, 0.2) is 11.4 Å². The molecule has 8 heteroatoms. The van der Waals surface area contributed by atoms with Crippen molar-refractivity contribution >= 4 is 29.2 Å². The molecule has 0 fully saturated rings. The highest BCUT2D eigenvalue weighted by atomic mass is 35.5. The Morgan fingerprint density at radius 1 is 1.40 bits per heavy atom. The first-order valence-corrected chi connectivity index (χ1v) is 6.20. The molecule has 0 radical (unpaired) electrons. The van der Waals surface area contributed by atoms with Crippen LogP contribution in [0.2, 0.25) is 5.02 Å². The summed E-state index contributed by atoms with van der Waals surface area (Å²) in [4.78, 5) is 24.9. The van der Waals surface area contributed by atoms with E-state index >= 15 is 0 Å². The van der Waals surface area contributed by atoms with Crippen molar-refractivity contribution in [3.8, 4) is 0 Å². The molecule has 7 nitrogen and oxygen atoms in total. The highest BCUT2D eigenvalue weighted by Gasteiger charge is 2.30. The molecule has 1 aliphatic heterocycles. The first-order chi connectivity index (χ1) is 9.58. The van der Waals surface area contributed by atoms with Gasteiger partial charge in [-0.3, -0.25) is 9.89 Å². The van der Waals surface area contributed by atoms with Crippen LogP contribution in [0.5, 0.6) is 0 Å². The van der Waals surface area contributed by atoms with Crippen LogP contribution >= 0.6 is 11.6 Å². The summed E-state index contributed by atoms with van der Waals surface area (Å²) < 4.78 is 0. The lowest BCUT2D eigenvalue weighted by molar-refractivity contribution is 0.0685. The molecule has 1 aromatic carbocycles. The number of hydrogen-bond donors (Lipinski definition) is 2. The van der Waals surface area contributed by atoms with Crippen molar-refractivity contribution in [3.05, 3.63) is 40.2 Å². The first-order valence-electron chi connectivity index (χ1n) is 5.82. The lowest BCUT2D eigenvalue weighted by atomic mass is 10.2. The number of carboxylic acid groups (broad SMARTS) is 1. The van der Waals surface area contributed by atoms with E-state index in [9.17, 15) is 9.59 Å². The van der Waals surface area contributed by atoms with Crippen molar-refractivity contribution in [2.45, 2.75) is 6.42 Å². The third kappa shape index (κ3) is 1.92. The molecule has 2 aromatic rings. The highest BCUT2D eigenvalue weighted by Crippen LogP contribution is 2.31. The number of fused-ring (bicyclic) bond motifs is 1. The minimum atomic E-state index is -1.27. The number of rotatable bonds is 2. The number of amides is 1. The molecular formula is C12H9ClN4O3. The van der Waals surface area contributed by atoms with E-state index in [1.807, 2.05) is 0 Å². The zero-order valence-electron chi connectivity index (χ0n) is 10.1. The fourth-order valence-electron chi connectivity index (χ4n) is 2.24. The van der Waals surface area contributed by atoms with Gasteiger partial charge in [-0.05, 0) is 30.2 Å². The highest BCUT2D eigenvalue weighted by molar-refractivity contribution is 6.30. The lowest BCUT2D eigenvalue weighted by Gasteiger charge is -2.15. The lowest BCUT2D eigenvalue weighted by Crippen LogP contribution is -2.30. The Morgan fingerprint density at radius 3 is 2.95 bits per heavy atom. The molecule has 20 heavy (non-hydrogen) atoms. The van der Waals surface area contributed by atoms with E-state index < -0.39 is 11.9 Å². The van der Waals surface area contributed by atoms with E-state index in [0.29, 0.717) is 18.0 Å². The van der Waals surface area contributed by atoms with Crippen LogP contribution in [0.25, 0.3) is 0 Å². The van der Waals surface area contributed by atoms with Gasteiger partial charge in [0.05, 0.1) is 0 Å². The minimum absolute atomic E-state index is 0.194. The van der Waals surface area contributed by atoms with Crippen LogP contribution in [0, 0.1) is 0 Å². The summed E-state index contributed by atoms with van der Waals surface area (Å²) in [6.07, 6.45) is 0.669. The maximum Gasteiger partial charge on any atom is 0.356 e. The van der Waals surface area contributed by atoms with E-state index in [2.05, 4.69) is 15.4 Å². The SMILES string of the molecule is O=C(O)c1[nH]nnc1C(=O)N1CCc2cc(Cl)ccc21. The van der Waals surface area contributed by atoms with Crippen LogP contribution in [0.3, 0.4) is 0 Å². The van der Waals surface area contributed by atoms with Gasteiger partial charge in [0.25, 0.3) is 5.91 Å². The van der Waals surface area contributed by atoms with Crippen molar-refractivity contribution in [1.82, 2.24) is 15.4 Å². The number of hydrogen-bond acceptors (Lipinski definition) is 4. The number of nitrogens with zero attached hydrogens (tertiary/aromatic N) is 3. The van der Waals surface area contributed by atoms with Gasteiger partial charge in [-0.1, -0.05) is 16.8 Å². The van der Waals surface area contributed by atoms with Gasteiger partial charge in [0, 0.05) is 17.3 Å². The Morgan fingerprint density at radius 2 is 2.20 bits per heavy atom. The molecule has 2 N–H and O–H groups in total. The normalized spacial score (nSPS) is 13.3. The number of carboxylic acids is 1. The molecule has 0 spiro atoms. The van der Waals surface area contributed by atoms with Crippen molar-refractivity contribution in [1.29, 1.82) is 0 Å². The van der Waals surface area contributed by atoms with Crippen LogP contribution in [-0.4, -0.2) is 38.9 Å². The van der Waals surface area contributed by atoms with Crippen molar-refractivity contribution in [3.63, 3.8) is 0 Å². The Bertz CT molecular complexity index is 712. The Hall–Kier alpha value is -2.41. The molecule has 0 unspecified atom stereocenters. The summed E-state index contributed by atoms with van der Waals surface area (Å²) in [7, 11) is 0. The Kier molecular flexibility index (Phi) is 2.90. The second-order valence-corrected chi connectivity index (χ2v) is 4.76. The van der Waals surface area contributed by atoms with E-state index in [0.717, 1.165) is 11.3 Å². The van der Waals surface area contributed by atoms with Crippen molar-refractivity contribution in [2.75, 3.05) is 11.4 Å². The number of benzene rings is 1. The molecular weight excluding hydrogens is 284 g/mol. The molecule has 0 atom stereocenters. The van der Waals surface area contributed by atoms with Crippen LogP contribution in [0.15, 0.2) is 18.2 Å². The van der Waals surface area contributed by atoms with Gasteiger partial charge in [-0.2, -0.15) is 0 Å². The van der Waals surface area contributed by atoms with E-state index in [-0.39, 0.29) is 11.4 Å². The largest absolute Gasteiger partial charge is 0.476 e. The van der Waals surface area contributed by atoms with Gasteiger partial charge in [0.2, 0.25) is 0 Å².